The summed E-state index contributed by atoms with van der Waals surface area (Å²) in [6, 6.07) is 2.29. The Morgan fingerprint density at radius 1 is 1.40 bits per heavy atom. The molecule has 2 aliphatic carbocycles. The molecule has 0 aromatic heterocycles. The van der Waals surface area contributed by atoms with Gasteiger partial charge in [0.2, 0.25) is 0 Å². The van der Waals surface area contributed by atoms with Crippen LogP contribution in [0.3, 0.4) is 0 Å². The summed E-state index contributed by atoms with van der Waals surface area (Å²) in [4.78, 5) is 24.9. The van der Waals surface area contributed by atoms with Crippen LogP contribution in [-0.2, 0) is 14.3 Å². The molecule has 0 heterocycles. The molecule has 2 aliphatic rings. The van der Waals surface area contributed by atoms with Crippen LogP contribution >= 0.6 is 0 Å². The van der Waals surface area contributed by atoms with Gasteiger partial charge in [0.15, 0.2) is 5.78 Å². The Bertz CT molecular complexity index is 463. The van der Waals surface area contributed by atoms with E-state index in [4.69, 9.17) is 4.74 Å². The Labute approximate surface area is 120 Å². The van der Waals surface area contributed by atoms with Crippen LogP contribution in [0.5, 0.6) is 0 Å². The number of carbonyl (C=O) groups is 2. The maximum absolute atomic E-state index is 12.8. The van der Waals surface area contributed by atoms with Gasteiger partial charge in [-0.25, -0.2) is 0 Å². The predicted octanol–water partition coefficient (Wildman–Crippen LogP) is 2.86. The Morgan fingerprint density at radius 3 is 2.70 bits per heavy atom. The van der Waals surface area contributed by atoms with E-state index in [1.54, 1.807) is 6.92 Å². The summed E-state index contributed by atoms with van der Waals surface area (Å²) in [7, 11) is 0. The van der Waals surface area contributed by atoms with Crippen LogP contribution < -0.4 is 0 Å². The van der Waals surface area contributed by atoms with Crippen molar-refractivity contribution in [2.24, 2.45) is 22.7 Å². The first-order valence-corrected chi connectivity index (χ1v) is 7.52. The van der Waals surface area contributed by atoms with Crippen LogP contribution in [0.2, 0.25) is 0 Å². The van der Waals surface area contributed by atoms with E-state index in [9.17, 15) is 14.9 Å². The highest BCUT2D eigenvalue weighted by Crippen LogP contribution is 2.55. The quantitative estimate of drug-likeness (QED) is 0.728. The zero-order valence-electron chi connectivity index (χ0n) is 12.6. The van der Waals surface area contributed by atoms with E-state index in [-0.39, 0.29) is 23.6 Å². The molecular weight excluding hydrogens is 254 g/mol. The molecule has 0 aliphatic heterocycles. The summed E-state index contributed by atoms with van der Waals surface area (Å²) in [5, 5.41) is 9.69. The third-order valence-electron chi connectivity index (χ3n) is 5.09. The van der Waals surface area contributed by atoms with Crippen LogP contribution in [0.25, 0.3) is 0 Å². The van der Waals surface area contributed by atoms with Gasteiger partial charge in [-0.05, 0) is 38.5 Å². The number of rotatable bonds is 2. The molecule has 0 N–H and O–H groups in total. The second-order valence-corrected chi connectivity index (χ2v) is 6.69. The lowest BCUT2D eigenvalue weighted by Gasteiger charge is -2.49. The summed E-state index contributed by atoms with van der Waals surface area (Å²) < 4.78 is 5.15. The standard InChI is InChI=1S/C16H23NO3/c1-4-20-13(18)11-6-5-8-16(10-17)12(11)7-9-15(2,3)14(16)19/h11-12H,4-9H2,1-3H3/t11-,12-,16-/m1/s1. The molecule has 110 valence electrons. The molecule has 0 aromatic carbocycles. The van der Waals surface area contributed by atoms with Crippen LogP contribution in [0, 0.1) is 34.0 Å². The fraction of sp³-hybridized carbons (Fsp3) is 0.812. The maximum atomic E-state index is 12.8. The first-order chi connectivity index (χ1) is 9.39. The molecule has 0 radical (unpaired) electrons. The fourth-order valence-electron chi connectivity index (χ4n) is 4.02. The minimum absolute atomic E-state index is 0.0257. The van der Waals surface area contributed by atoms with E-state index in [0.717, 1.165) is 25.7 Å². The van der Waals surface area contributed by atoms with Crippen molar-refractivity contribution in [1.29, 1.82) is 5.26 Å². The van der Waals surface area contributed by atoms with Gasteiger partial charge >= 0.3 is 5.97 Å². The van der Waals surface area contributed by atoms with Gasteiger partial charge in [0.1, 0.15) is 5.41 Å². The van der Waals surface area contributed by atoms with Gasteiger partial charge in [0.25, 0.3) is 0 Å². The van der Waals surface area contributed by atoms with Gasteiger partial charge in [0.05, 0.1) is 18.6 Å². The zero-order valence-corrected chi connectivity index (χ0v) is 12.6. The Kier molecular flexibility index (Phi) is 3.90. The van der Waals surface area contributed by atoms with Gasteiger partial charge in [-0.1, -0.05) is 20.3 Å². The number of esters is 1. The first kappa shape index (κ1) is 15.0. The molecule has 20 heavy (non-hydrogen) atoms. The van der Waals surface area contributed by atoms with Crippen molar-refractivity contribution in [2.75, 3.05) is 6.61 Å². The number of hydrogen-bond acceptors (Lipinski definition) is 4. The van der Waals surface area contributed by atoms with Crippen LogP contribution in [-0.4, -0.2) is 18.4 Å². The van der Waals surface area contributed by atoms with Crippen molar-refractivity contribution in [1.82, 2.24) is 0 Å². The second-order valence-electron chi connectivity index (χ2n) is 6.69. The molecule has 2 saturated carbocycles. The SMILES string of the molecule is CCOC(=O)[C@@H]1CCC[C@]2(C#N)C(=O)C(C)(C)CC[C@H]12. The van der Waals surface area contributed by atoms with E-state index in [1.807, 2.05) is 13.8 Å². The molecule has 0 saturated heterocycles. The zero-order chi connectivity index (χ0) is 15.0. The second kappa shape index (κ2) is 5.20. The first-order valence-electron chi connectivity index (χ1n) is 7.52. The number of nitriles is 1. The topological polar surface area (TPSA) is 67.2 Å². The van der Waals surface area contributed by atoms with Gasteiger partial charge < -0.3 is 4.74 Å². The molecular formula is C16H23NO3. The summed E-state index contributed by atoms with van der Waals surface area (Å²) in [5.41, 5.74) is -1.43. The minimum atomic E-state index is -0.975. The molecule has 2 rings (SSSR count). The van der Waals surface area contributed by atoms with Crippen molar-refractivity contribution in [3.8, 4) is 6.07 Å². The molecule has 0 spiro atoms. The average molecular weight is 277 g/mol. The molecule has 0 bridgehead atoms. The third kappa shape index (κ3) is 2.13. The smallest absolute Gasteiger partial charge is 0.309 e. The van der Waals surface area contributed by atoms with Crippen molar-refractivity contribution in [3.05, 3.63) is 0 Å². The Hall–Kier alpha value is -1.37. The predicted molar refractivity (Wildman–Crippen MR) is 73.5 cm³/mol. The number of nitrogens with zero attached hydrogens (tertiary/aromatic N) is 1. The fourth-order valence-corrected chi connectivity index (χ4v) is 4.02. The van der Waals surface area contributed by atoms with Crippen molar-refractivity contribution < 1.29 is 14.3 Å². The number of Topliss-reactive ketones (excluding diaryl/α,β-unsaturated/α-hetero) is 1. The van der Waals surface area contributed by atoms with E-state index in [2.05, 4.69) is 6.07 Å². The third-order valence-corrected chi connectivity index (χ3v) is 5.09. The Morgan fingerprint density at radius 2 is 2.10 bits per heavy atom. The maximum Gasteiger partial charge on any atom is 0.309 e. The van der Waals surface area contributed by atoms with E-state index in [0.29, 0.717) is 13.0 Å². The largest absolute Gasteiger partial charge is 0.466 e. The van der Waals surface area contributed by atoms with Crippen molar-refractivity contribution in [3.63, 3.8) is 0 Å². The molecule has 3 atom stereocenters. The molecule has 0 unspecified atom stereocenters. The van der Waals surface area contributed by atoms with Crippen molar-refractivity contribution >= 4 is 11.8 Å². The highest BCUT2D eigenvalue weighted by molar-refractivity contribution is 5.94. The molecule has 0 amide bonds. The van der Waals surface area contributed by atoms with Crippen LogP contribution in [0.1, 0.15) is 52.9 Å². The lowest BCUT2D eigenvalue weighted by molar-refractivity contribution is -0.160. The number of carbonyl (C=O) groups excluding carboxylic acids is 2. The van der Waals surface area contributed by atoms with Gasteiger partial charge in [-0.3, -0.25) is 9.59 Å². The lowest BCUT2D eigenvalue weighted by Crippen LogP contribution is -2.54. The van der Waals surface area contributed by atoms with Crippen LogP contribution in [0.15, 0.2) is 0 Å². The van der Waals surface area contributed by atoms with Crippen LogP contribution in [0.4, 0.5) is 0 Å². The molecule has 4 nitrogen and oxygen atoms in total. The average Bonchev–Trinajstić information content (AvgIpc) is 2.43. The summed E-state index contributed by atoms with van der Waals surface area (Å²) in [5.74, 6) is -0.661. The van der Waals surface area contributed by atoms with Gasteiger partial charge in [-0.2, -0.15) is 5.26 Å². The summed E-state index contributed by atoms with van der Waals surface area (Å²) in [6.45, 7) is 5.96. The highest BCUT2D eigenvalue weighted by Gasteiger charge is 2.59. The van der Waals surface area contributed by atoms with Gasteiger partial charge in [0, 0.05) is 5.41 Å². The van der Waals surface area contributed by atoms with E-state index >= 15 is 0 Å². The molecule has 0 aromatic rings. The number of ketones is 1. The normalized spacial score (nSPS) is 35.8. The van der Waals surface area contributed by atoms with E-state index in [1.165, 1.54) is 0 Å². The summed E-state index contributed by atoms with van der Waals surface area (Å²) in [6.07, 6.45) is 3.58. The monoisotopic (exact) mass is 277 g/mol. The minimum Gasteiger partial charge on any atom is -0.466 e. The Balaban J connectivity index is 2.36. The molecule has 4 heteroatoms. The summed E-state index contributed by atoms with van der Waals surface area (Å²) >= 11 is 0. The highest BCUT2D eigenvalue weighted by atomic mass is 16.5. The number of fused-ring (bicyclic) bond motifs is 1. The van der Waals surface area contributed by atoms with Gasteiger partial charge in [-0.15, -0.1) is 0 Å². The number of ether oxygens (including phenoxy) is 1. The van der Waals surface area contributed by atoms with E-state index < -0.39 is 10.8 Å². The molecule has 2 fully saturated rings. The van der Waals surface area contributed by atoms with Crippen molar-refractivity contribution in [2.45, 2.75) is 52.9 Å². The lowest BCUT2D eigenvalue weighted by atomic mass is 9.51. The number of hydrogen-bond donors (Lipinski definition) is 0.